The maximum atomic E-state index is 12.4. The number of hydrogen-bond donors (Lipinski definition) is 2. The van der Waals surface area contributed by atoms with E-state index in [9.17, 15) is 9.59 Å². The smallest absolute Gasteiger partial charge is 0.269 e. The van der Waals surface area contributed by atoms with Crippen LogP contribution in [0.25, 0.3) is 0 Å². The third-order valence-corrected chi connectivity index (χ3v) is 4.38. The molecular formula is C23H23N3O3. The predicted molar refractivity (Wildman–Crippen MR) is 113 cm³/mol. The first kappa shape index (κ1) is 20.1. The molecule has 0 unspecified atom stereocenters. The minimum Gasteiger partial charge on any atom is -0.497 e. The maximum absolute atomic E-state index is 12.4. The van der Waals surface area contributed by atoms with Crippen LogP contribution in [0.5, 0.6) is 5.75 Å². The molecule has 3 aromatic rings. The van der Waals surface area contributed by atoms with E-state index in [-0.39, 0.29) is 11.7 Å². The number of anilines is 2. The molecule has 0 aliphatic carbocycles. The molecule has 0 radical (unpaired) electrons. The van der Waals surface area contributed by atoms with E-state index in [1.54, 1.807) is 37.6 Å². The summed E-state index contributed by atoms with van der Waals surface area (Å²) >= 11 is 0. The highest BCUT2D eigenvalue weighted by Crippen LogP contribution is 2.18. The molecule has 0 spiro atoms. The number of nitrogens with zero attached hydrogens (tertiary/aromatic N) is 1. The number of rotatable bonds is 8. The van der Waals surface area contributed by atoms with Crippen LogP contribution in [-0.2, 0) is 6.42 Å². The number of ketones is 1. The highest BCUT2D eigenvalue weighted by atomic mass is 16.5. The fourth-order valence-corrected chi connectivity index (χ4v) is 2.85. The van der Waals surface area contributed by atoms with Crippen molar-refractivity contribution in [2.75, 3.05) is 19.0 Å². The van der Waals surface area contributed by atoms with Crippen LogP contribution in [0, 0.1) is 0 Å². The first-order valence-electron chi connectivity index (χ1n) is 9.30. The van der Waals surface area contributed by atoms with Gasteiger partial charge in [0.1, 0.15) is 11.4 Å². The Balaban J connectivity index is 1.60. The molecular weight excluding hydrogens is 366 g/mol. The predicted octanol–water partition coefficient (Wildman–Crippen LogP) is 4.01. The fourth-order valence-electron chi connectivity index (χ4n) is 2.85. The van der Waals surface area contributed by atoms with E-state index < -0.39 is 0 Å². The van der Waals surface area contributed by atoms with Crippen molar-refractivity contribution in [3.63, 3.8) is 0 Å². The summed E-state index contributed by atoms with van der Waals surface area (Å²) in [7, 11) is 1.63. The van der Waals surface area contributed by atoms with Crippen LogP contribution in [0.15, 0.2) is 66.9 Å². The van der Waals surface area contributed by atoms with Gasteiger partial charge in [0.2, 0.25) is 0 Å². The number of carbonyl (C=O) groups excluding carboxylic acids is 2. The molecule has 0 aliphatic rings. The van der Waals surface area contributed by atoms with E-state index in [2.05, 4.69) is 15.6 Å². The standard InChI is InChI=1S/C23H23N3O3/c1-16(27)18-6-4-7-19(14-18)26-20-10-12-24-22(15-20)23(28)25-11-9-17-5-3-8-21(13-17)29-2/h3-8,10,12-15H,9,11H2,1-2H3,(H,24,26)(H,25,28). The Morgan fingerprint density at radius 1 is 1.00 bits per heavy atom. The SMILES string of the molecule is COc1cccc(CCNC(=O)c2cc(Nc3cccc(C(C)=O)c3)ccn2)c1. The Bertz CT molecular complexity index is 1020. The zero-order chi connectivity index (χ0) is 20.6. The second kappa shape index (κ2) is 9.50. The molecule has 0 bridgehead atoms. The third kappa shape index (κ3) is 5.65. The lowest BCUT2D eigenvalue weighted by atomic mass is 10.1. The molecule has 0 aliphatic heterocycles. The van der Waals surface area contributed by atoms with Crippen molar-refractivity contribution in [1.82, 2.24) is 10.3 Å². The summed E-state index contributed by atoms with van der Waals surface area (Å²) in [5, 5.41) is 6.09. The number of amides is 1. The Morgan fingerprint density at radius 3 is 2.59 bits per heavy atom. The molecule has 1 amide bonds. The molecule has 0 saturated carbocycles. The Kier molecular flexibility index (Phi) is 6.58. The Labute approximate surface area is 169 Å². The van der Waals surface area contributed by atoms with Crippen LogP contribution in [0.4, 0.5) is 11.4 Å². The summed E-state index contributed by atoms with van der Waals surface area (Å²) < 4.78 is 5.21. The minimum absolute atomic E-state index is 0.000480. The van der Waals surface area contributed by atoms with Crippen LogP contribution in [0.3, 0.4) is 0 Å². The number of nitrogens with one attached hydrogen (secondary N) is 2. The van der Waals surface area contributed by atoms with Crippen molar-refractivity contribution < 1.29 is 14.3 Å². The summed E-state index contributed by atoms with van der Waals surface area (Å²) in [5.74, 6) is 0.552. The highest BCUT2D eigenvalue weighted by molar-refractivity contribution is 5.95. The van der Waals surface area contributed by atoms with Crippen LogP contribution in [0.1, 0.15) is 33.3 Å². The molecule has 29 heavy (non-hydrogen) atoms. The van der Waals surface area contributed by atoms with Gasteiger partial charge >= 0.3 is 0 Å². The van der Waals surface area contributed by atoms with Gasteiger partial charge in [0.05, 0.1) is 7.11 Å². The molecule has 0 atom stereocenters. The summed E-state index contributed by atoms with van der Waals surface area (Å²) in [6, 6.07) is 18.4. The van der Waals surface area contributed by atoms with Crippen LogP contribution >= 0.6 is 0 Å². The van der Waals surface area contributed by atoms with Gasteiger partial charge in [-0.05, 0) is 55.3 Å². The molecule has 3 rings (SSSR count). The molecule has 0 saturated heterocycles. The van der Waals surface area contributed by atoms with Crippen LogP contribution in [0.2, 0.25) is 0 Å². The van der Waals surface area contributed by atoms with Crippen LogP contribution in [-0.4, -0.2) is 30.3 Å². The zero-order valence-corrected chi connectivity index (χ0v) is 16.4. The molecule has 1 aromatic heterocycles. The minimum atomic E-state index is -0.242. The van der Waals surface area contributed by atoms with Gasteiger partial charge in [0.25, 0.3) is 5.91 Å². The number of aromatic nitrogens is 1. The number of benzene rings is 2. The molecule has 2 aromatic carbocycles. The van der Waals surface area contributed by atoms with E-state index in [0.717, 1.165) is 22.7 Å². The topological polar surface area (TPSA) is 80.3 Å². The zero-order valence-electron chi connectivity index (χ0n) is 16.4. The van der Waals surface area contributed by atoms with Crippen molar-refractivity contribution in [3.8, 4) is 5.75 Å². The fraction of sp³-hybridized carbons (Fsp3) is 0.174. The van der Waals surface area contributed by atoms with Crippen molar-refractivity contribution in [3.05, 3.63) is 83.7 Å². The average molecular weight is 389 g/mol. The normalized spacial score (nSPS) is 10.3. The second-order valence-electron chi connectivity index (χ2n) is 6.55. The van der Waals surface area contributed by atoms with E-state index in [4.69, 9.17) is 4.74 Å². The van der Waals surface area contributed by atoms with Crippen molar-refractivity contribution >= 4 is 23.1 Å². The summed E-state index contributed by atoms with van der Waals surface area (Å²) in [6.07, 6.45) is 2.27. The van der Waals surface area contributed by atoms with E-state index in [1.807, 2.05) is 36.4 Å². The van der Waals surface area contributed by atoms with Gasteiger partial charge in [-0.3, -0.25) is 14.6 Å². The van der Waals surface area contributed by atoms with E-state index >= 15 is 0 Å². The lowest BCUT2D eigenvalue weighted by molar-refractivity contribution is 0.0948. The average Bonchev–Trinajstić information content (AvgIpc) is 2.74. The maximum Gasteiger partial charge on any atom is 0.269 e. The van der Waals surface area contributed by atoms with Gasteiger partial charge in [0.15, 0.2) is 5.78 Å². The summed E-state index contributed by atoms with van der Waals surface area (Å²) in [6.45, 7) is 2.02. The highest BCUT2D eigenvalue weighted by Gasteiger charge is 2.08. The van der Waals surface area contributed by atoms with Gasteiger partial charge in [-0.1, -0.05) is 24.3 Å². The number of methoxy groups -OCH3 is 1. The monoisotopic (exact) mass is 389 g/mol. The number of ether oxygens (including phenoxy) is 1. The van der Waals surface area contributed by atoms with Gasteiger partial charge in [-0.15, -0.1) is 0 Å². The van der Waals surface area contributed by atoms with Crippen molar-refractivity contribution in [1.29, 1.82) is 0 Å². The van der Waals surface area contributed by atoms with Gasteiger partial charge in [0, 0.05) is 29.7 Å². The van der Waals surface area contributed by atoms with Gasteiger partial charge in [-0.25, -0.2) is 0 Å². The summed E-state index contributed by atoms with van der Waals surface area (Å²) in [4.78, 5) is 28.1. The van der Waals surface area contributed by atoms with Crippen molar-refractivity contribution in [2.45, 2.75) is 13.3 Å². The van der Waals surface area contributed by atoms with Gasteiger partial charge in [-0.2, -0.15) is 0 Å². The Hall–Kier alpha value is -3.67. The first-order chi connectivity index (χ1) is 14.0. The van der Waals surface area contributed by atoms with E-state index in [1.165, 1.54) is 6.92 Å². The number of hydrogen-bond acceptors (Lipinski definition) is 5. The second-order valence-corrected chi connectivity index (χ2v) is 6.55. The molecule has 6 heteroatoms. The number of Topliss-reactive ketones (excluding diaryl/α,β-unsaturated/α-hetero) is 1. The molecule has 1 heterocycles. The molecule has 6 nitrogen and oxygen atoms in total. The first-order valence-corrected chi connectivity index (χ1v) is 9.30. The number of pyridine rings is 1. The number of carbonyl (C=O) groups is 2. The quantitative estimate of drug-likeness (QED) is 0.569. The molecule has 2 N–H and O–H groups in total. The molecule has 0 fully saturated rings. The summed E-state index contributed by atoms with van der Waals surface area (Å²) in [5.41, 5.74) is 3.52. The lowest BCUT2D eigenvalue weighted by Crippen LogP contribution is -2.26. The lowest BCUT2D eigenvalue weighted by Gasteiger charge is -2.10. The molecule has 148 valence electrons. The van der Waals surface area contributed by atoms with Crippen molar-refractivity contribution in [2.24, 2.45) is 0 Å². The Morgan fingerprint density at radius 2 is 1.79 bits per heavy atom. The van der Waals surface area contributed by atoms with E-state index in [0.29, 0.717) is 24.2 Å². The largest absolute Gasteiger partial charge is 0.497 e. The third-order valence-electron chi connectivity index (χ3n) is 4.38. The van der Waals surface area contributed by atoms with Gasteiger partial charge < -0.3 is 15.4 Å². The van der Waals surface area contributed by atoms with Crippen LogP contribution < -0.4 is 15.4 Å².